The molecule has 0 fully saturated rings. The number of fused-ring (bicyclic) bond motifs is 3. The Kier molecular flexibility index (Phi) is 12.1. The van der Waals surface area contributed by atoms with Crippen LogP contribution in [-0.4, -0.2) is 67.3 Å². The topological polar surface area (TPSA) is 111 Å². The smallest absolute Gasteiger partial charge is 0.407 e. The molecule has 0 unspecified atom stereocenters. The van der Waals surface area contributed by atoms with E-state index in [1.165, 1.54) is 18.0 Å². The number of alkyl carbamates (subject to hydrolysis) is 1. The van der Waals surface area contributed by atoms with Crippen molar-refractivity contribution in [1.29, 1.82) is 0 Å². The van der Waals surface area contributed by atoms with Gasteiger partial charge in [0.1, 0.15) is 25.3 Å². The van der Waals surface area contributed by atoms with E-state index in [0.29, 0.717) is 6.42 Å². The van der Waals surface area contributed by atoms with Crippen molar-refractivity contribution in [3.63, 3.8) is 0 Å². The van der Waals surface area contributed by atoms with Crippen molar-refractivity contribution in [3.05, 3.63) is 72.3 Å². The van der Waals surface area contributed by atoms with Crippen LogP contribution in [0.1, 0.15) is 65.0 Å². The number of hydrogen-bond acceptors (Lipinski definition) is 7. The van der Waals surface area contributed by atoms with Gasteiger partial charge in [0.25, 0.3) is 0 Å². The summed E-state index contributed by atoms with van der Waals surface area (Å²) in [5.41, 5.74) is 4.40. The molecule has 0 aromatic heterocycles. The Morgan fingerprint density at radius 2 is 1.45 bits per heavy atom. The molecule has 1 aliphatic carbocycles. The van der Waals surface area contributed by atoms with Gasteiger partial charge in [-0.2, -0.15) is 0 Å². The third kappa shape index (κ3) is 7.87. The lowest BCUT2D eigenvalue weighted by Gasteiger charge is -2.34. The van der Waals surface area contributed by atoms with E-state index in [9.17, 15) is 19.2 Å². The van der Waals surface area contributed by atoms with Gasteiger partial charge in [0.15, 0.2) is 0 Å². The predicted molar refractivity (Wildman–Crippen MR) is 169 cm³/mol. The third-order valence-corrected chi connectivity index (χ3v) is 8.17. The van der Waals surface area contributed by atoms with E-state index in [1.807, 2.05) is 43.3 Å². The molecule has 3 rings (SSSR count). The lowest BCUT2D eigenvalue weighted by atomic mass is 9.98. The summed E-state index contributed by atoms with van der Waals surface area (Å²) in [5.74, 6) is -2.94. The summed E-state index contributed by atoms with van der Waals surface area (Å²) in [5, 5.41) is 2.72. The molecular formula is C35H46N2O7. The number of nitrogens with zero attached hydrogens (tertiary/aromatic N) is 1. The first-order valence-electron chi connectivity index (χ1n) is 15.3. The van der Waals surface area contributed by atoms with Gasteiger partial charge in [-0.3, -0.25) is 4.79 Å². The van der Waals surface area contributed by atoms with Crippen molar-refractivity contribution < 1.29 is 33.4 Å². The summed E-state index contributed by atoms with van der Waals surface area (Å²) in [4.78, 5) is 54.2. The molecule has 4 atom stereocenters. The highest BCUT2D eigenvalue weighted by Gasteiger charge is 2.39. The predicted octanol–water partition coefficient (Wildman–Crippen LogP) is 5.72. The number of likely N-dealkylation sites (N-methyl/N-ethyl adjacent to an activating group) is 1. The summed E-state index contributed by atoms with van der Waals surface area (Å²) >= 11 is 0. The molecule has 238 valence electrons. The Bertz CT molecular complexity index is 1290. The average molecular weight is 607 g/mol. The summed E-state index contributed by atoms with van der Waals surface area (Å²) < 4.78 is 16.5. The fourth-order valence-corrected chi connectivity index (χ4v) is 5.54. The van der Waals surface area contributed by atoms with Crippen molar-refractivity contribution in [2.75, 3.05) is 20.3 Å². The van der Waals surface area contributed by atoms with Crippen LogP contribution in [0.2, 0.25) is 0 Å². The molecule has 9 nitrogen and oxygen atoms in total. The molecule has 0 saturated heterocycles. The van der Waals surface area contributed by atoms with Gasteiger partial charge in [0.2, 0.25) is 12.0 Å². The standard InChI is InChI=1S/C35H46N2O7/c1-9-19-42-34(40)31(23(7)10-2)44-33(39)30(22(5)6)37(8)32(38)29(21(3)4)36-35(41)43-20-28-26-17-13-11-15-24(26)25-16-12-14-18-27(25)28/h9,11-18,21-23,28-31H,1,10,19-20H2,2-8H3,(H,36,41)/t23-,29-,30-,31-/m0/s1. The molecule has 1 aliphatic rings. The van der Waals surface area contributed by atoms with E-state index in [4.69, 9.17) is 14.2 Å². The molecule has 2 amide bonds. The zero-order chi connectivity index (χ0) is 32.6. The lowest BCUT2D eigenvalue weighted by Crippen LogP contribution is -2.56. The number of carbonyl (C=O) groups excluding carboxylic acids is 4. The van der Waals surface area contributed by atoms with E-state index in [2.05, 4.69) is 24.0 Å². The minimum absolute atomic E-state index is 0.00702. The zero-order valence-electron chi connectivity index (χ0n) is 26.9. The highest BCUT2D eigenvalue weighted by Crippen LogP contribution is 2.44. The maximum atomic E-state index is 13.8. The minimum atomic E-state index is -1.13. The number of carbonyl (C=O) groups is 4. The second-order valence-corrected chi connectivity index (χ2v) is 12.0. The minimum Gasteiger partial charge on any atom is -0.459 e. The van der Waals surface area contributed by atoms with Gasteiger partial charge < -0.3 is 24.4 Å². The fraction of sp³-hybridized carbons (Fsp3) is 0.486. The maximum absolute atomic E-state index is 13.8. The molecule has 0 saturated carbocycles. The number of nitrogens with one attached hydrogen (secondary N) is 1. The fourth-order valence-electron chi connectivity index (χ4n) is 5.54. The van der Waals surface area contributed by atoms with E-state index >= 15 is 0 Å². The second-order valence-electron chi connectivity index (χ2n) is 12.0. The molecule has 1 N–H and O–H groups in total. The average Bonchev–Trinajstić information content (AvgIpc) is 3.32. The Morgan fingerprint density at radius 1 is 0.886 bits per heavy atom. The van der Waals surface area contributed by atoms with Crippen molar-refractivity contribution in [1.82, 2.24) is 10.2 Å². The van der Waals surface area contributed by atoms with Gasteiger partial charge in [-0.1, -0.05) is 103 Å². The Hall–Kier alpha value is -4.14. The van der Waals surface area contributed by atoms with E-state index < -0.39 is 42.1 Å². The van der Waals surface area contributed by atoms with Crippen LogP contribution in [0.25, 0.3) is 11.1 Å². The van der Waals surface area contributed by atoms with Crippen molar-refractivity contribution in [2.45, 2.75) is 72.1 Å². The van der Waals surface area contributed by atoms with Crippen LogP contribution >= 0.6 is 0 Å². The van der Waals surface area contributed by atoms with Gasteiger partial charge in [0.05, 0.1) is 0 Å². The highest BCUT2D eigenvalue weighted by molar-refractivity contribution is 5.91. The maximum Gasteiger partial charge on any atom is 0.407 e. The van der Waals surface area contributed by atoms with E-state index in [1.54, 1.807) is 34.6 Å². The Balaban J connectivity index is 1.71. The molecule has 2 aromatic rings. The van der Waals surface area contributed by atoms with Crippen molar-refractivity contribution in [2.24, 2.45) is 17.8 Å². The first-order chi connectivity index (χ1) is 20.9. The third-order valence-electron chi connectivity index (χ3n) is 8.17. The molecule has 0 spiro atoms. The summed E-state index contributed by atoms with van der Waals surface area (Å²) in [7, 11) is 1.50. The largest absolute Gasteiger partial charge is 0.459 e. The van der Waals surface area contributed by atoms with Gasteiger partial charge in [0, 0.05) is 18.9 Å². The lowest BCUT2D eigenvalue weighted by molar-refractivity contribution is -0.176. The Labute approximate surface area is 260 Å². The number of amides is 2. The van der Waals surface area contributed by atoms with Crippen molar-refractivity contribution in [3.8, 4) is 11.1 Å². The number of ether oxygens (including phenoxy) is 3. The SMILES string of the molecule is C=CCOC(=O)[C@@H](OC(=O)[C@H](C(C)C)N(C)C(=O)[C@@H](NC(=O)OCC1c2ccccc2-c2ccccc21)C(C)C)[C@@H](C)CC. The molecule has 9 heteroatoms. The summed E-state index contributed by atoms with van der Waals surface area (Å²) in [6.45, 7) is 14.5. The van der Waals surface area contributed by atoms with Crippen LogP contribution < -0.4 is 5.32 Å². The van der Waals surface area contributed by atoms with Crippen LogP contribution in [0.4, 0.5) is 4.79 Å². The zero-order valence-corrected chi connectivity index (χ0v) is 26.9. The summed E-state index contributed by atoms with van der Waals surface area (Å²) in [6, 6.07) is 14.1. The van der Waals surface area contributed by atoms with Gasteiger partial charge in [-0.05, 0) is 40.5 Å². The van der Waals surface area contributed by atoms with Crippen LogP contribution in [-0.2, 0) is 28.6 Å². The van der Waals surface area contributed by atoms with Gasteiger partial charge in [-0.15, -0.1) is 0 Å². The second kappa shape index (κ2) is 15.5. The first-order valence-corrected chi connectivity index (χ1v) is 15.3. The molecule has 0 bridgehead atoms. The highest BCUT2D eigenvalue weighted by atomic mass is 16.6. The molecule has 2 aromatic carbocycles. The molecule has 0 aliphatic heterocycles. The number of benzene rings is 2. The van der Waals surface area contributed by atoms with Crippen molar-refractivity contribution >= 4 is 23.9 Å². The molecular weight excluding hydrogens is 560 g/mol. The normalized spacial score (nSPS) is 14.9. The number of rotatable bonds is 14. The number of hydrogen-bond donors (Lipinski definition) is 1. The Morgan fingerprint density at radius 3 is 1.95 bits per heavy atom. The van der Waals surface area contributed by atoms with Crippen LogP contribution in [0.5, 0.6) is 0 Å². The first kappa shape index (κ1) is 34.4. The van der Waals surface area contributed by atoms with Crippen LogP contribution in [0.15, 0.2) is 61.2 Å². The summed E-state index contributed by atoms with van der Waals surface area (Å²) in [6.07, 6.45) is 0.156. The quantitative estimate of drug-likeness (QED) is 0.166. The molecule has 0 heterocycles. The molecule has 44 heavy (non-hydrogen) atoms. The van der Waals surface area contributed by atoms with Crippen LogP contribution in [0, 0.1) is 17.8 Å². The molecule has 0 radical (unpaired) electrons. The number of esters is 2. The van der Waals surface area contributed by atoms with Crippen LogP contribution in [0.3, 0.4) is 0 Å². The van der Waals surface area contributed by atoms with Gasteiger partial charge >= 0.3 is 18.0 Å². The van der Waals surface area contributed by atoms with E-state index in [0.717, 1.165) is 22.3 Å². The van der Waals surface area contributed by atoms with Gasteiger partial charge in [-0.25, -0.2) is 14.4 Å². The van der Waals surface area contributed by atoms with E-state index in [-0.39, 0.29) is 36.9 Å². The monoisotopic (exact) mass is 606 g/mol.